The first kappa shape index (κ1) is 8.74. The summed E-state index contributed by atoms with van der Waals surface area (Å²) in [7, 11) is 5.24. The van der Waals surface area contributed by atoms with Crippen molar-refractivity contribution in [1.82, 2.24) is 20.0 Å². The van der Waals surface area contributed by atoms with Crippen LogP contribution in [0, 0.1) is 0 Å². The number of nitrogens with zero attached hydrogens (tertiary/aromatic N) is 3. The minimum atomic E-state index is -0.673. The third-order valence-corrected chi connectivity index (χ3v) is 2.82. The zero-order chi connectivity index (χ0) is 9.75. The zero-order valence-electron chi connectivity index (χ0n) is 7.93. The van der Waals surface area contributed by atoms with Gasteiger partial charge < -0.3 is 14.9 Å². The van der Waals surface area contributed by atoms with Crippen LogP contribution in [-0.4, -0.2) is 65.7 Å². The number of nitrogens with one attached hydrogen (secondary N) is 1. The van der Waals surface area contributed by atoms with Gasteiger partial charge in [0, 0.05) is 14.1 Å². The van der Waals surface area contributed by atoms with Crippen LogP contribution < -0.4 is 5.32 Å². The number of carbonyl (C=O) groups is 1. The van der Waals surface area contributed by atoms with E-state index in [0.717, 1.165) is 0 Å². The molecule has 2 N–H and O–H groups in total. The van der Waals surface area contributed by atoms with Crippen LogP contribution in [0.15, 0.2) is 0 Å². The van der Waals surface area contributed by atoms with Crippen LogP contribution in [0.25, 0.3) is 0 Å². The molecule has 6 heteroatoms. The van der Waals surface area contributed by atoms with Gasteiger partial charge >= 0.3 is 6.03 Å². The van der Waals surface area contributed by atoms with Crippen molar-refractivity contribution in [3.63, 3.8) is 0 Å². The monoisotopic (exact) mass is 186 g/mol. The lowest BCUT2D eigenvalue weighted by Gasteiger charge is -2.24. The number of fused-ring (bicyclic) bond motifs is 1. The molecule has 2 rings (SSSR count). The maximum Gasteiger partial charge on any atom is 0.322 e. The van der Waals surface area contributed by atoms with Crippen LogP contribution in [0.3, 0.4) is 0 Å². The summed E-state index contributed by atoms with van der Waals surface area (Å²) in [4.78, 5) is 16.4. The van der Waals surface area contributed by atoms with Gasteiger partial charge in [-0.2, -0.15) is 0 Å². The molecule has 13 heavy (non-hydrogen) atoms. The normalized spacial score (nSPS) is 40.3. The minimum absolute atomic E-state index is 0.0266. The van der Waals surface area contributed by atoms with Gasteiger partial charge in [-0.05, 0) is 7.05 Å². The number of urea groups is 1. The Morgan fingerprint density at radius 2 is 1.92 bits per heavy atom. The molecule has 2 amide bonds. The molecule has 6 nitrogen and oxygen atoms in total. The highest BCUT2D eigenvalue weighted by Gasteiger charge is 2.50. The van der Waals surface area contributed by atoms with Gasteiger partial charge in [0.2, 0.25) is 0 Å². The molecule has 0 bridgehead atoms. The summed E-state index contributed by atoms with van der Waals surface area (Å²) in [6.45, 7) is 0. The molecule has 2 heterocycles. The van der Waals surface area contributed by atoms with Gasteiger partial charge in [-0.1, -0.05) is 0 Å². The van der Waals surface area contributed by atoms with Crippen molar-refractivity contribution in [2.45, 2.75) is 18.7 Å². The molecule has 2 saturated heterocycles. The van der Waals surface area contributed by atoms with Crippen molar-refractivity contribution in [1.29, 1.82) is 0 Å². The first-order valence-electron chi connectivity index (χ1n) is 4.19. The molecule has 0 aliphatic carbocycles. The molecular weight excluding hydrogens is 172 g/mol. The Balaban J connectivity index is 2.27. The second-order valence-corrected chi connectivity index (χ2v) is 3.57. The van der Waals surface area contributed by atoms with Crippen LogP contribution in [0.4, 0.5) is 4.79 Å². The zero-order valence-corrected chi connectivity index (χ0v) is 7.93. The Hall–Kier alpha value is -0.850. The quantitative estimate of drug-likeness (QED) is 0.481. The van der Waals surface area contributed by atoms with Gasteiger partial charge in [0.15, 0.2) is 6.35 Å². The molecule has 0 saturated carbocycles. The Bertz CT molecular complexity index is 247. The molecular formula is C7H14N4O2. The van der Waals surface area contributed by atoms with E-state index in [1.165, 1.54) is 0 Å². The molecule has 0 aromatic heterocycles. The van der Waals surface area contributed by atoms with E-state index < -0.39 is 6.35 Å². The molecule has 3 unspecified atom stereocenters. The molecule has 0 aromatic carbocycles. The Kier molecular flexibility index (Phi) is 1.73. The number of aliphatic hydroxyl groups excluding tert-OH is 1. The fraction of sp³-hybridized carbons (Fsp3) is 0.857. The number of likely N-dealkylation sites (N-methyl/N-ethyl adjacent to an activating group) is 3. The predicted octanol–water partition coefficient (Wildman–Crippen LogP) is -1.55. The molecule has 2 aliphatic rings. The van der Waals surface area contributed by atoms with E-state index in [0.29, 0.717) is 0 Å². The number of rotatable bonds is 0. The fourth-order valence-electron chi connectivity index (χ4n) is 2.00. The second kappa shape index (κ2) is 2.57. The number of carbonyl (C=O) groups excluding carboxylic acids is 1. The lowest BCUT2D eigenvalue weighted by molar-refractivity contribution is -0.000789. The highest BCUT2D eigenvalue weighted by Crippen LogP contribution is 2.25. The van der Waals surface area contributed by atoms with Crippen molar-refractivity contribution in [2.24, 2.45) is 0 Å². The molecule has 0 radical (unpaired) electrons. The highest BCUT2D eigenvalue weighted by molar-refractivity contribution is 5.77. The van der Waals surface area contributed by atoms with Gasteiger partial charge in [-0.25, -0.2) is 9.69 Å². The average Bonchev–Trinajstić information content (AvgIpc) is 2.48. The Morgan fingerprint density at radius 1 is 1.31 bits per heavy atom. The second-order valence-electron chi connectivity index (χ2n) is 3.57. The number of amides is 2. The lowest BCUT2D eigenvalue weighted by atomic mass is 10.4. The lowest BCUT2D eigenvalue weighted by Crippen LogP contribution is -2.44. The van der Waals surface area contributed by atoms with Gasteiger partial charge in [0.1, 0.15) is 12.3 Å². The summed E-state index contributed by atoms with van der Waals surface area (Å²) >= 11 is 0. The number of aliphatic hydroxyl groups is 1. The third kappa shape index (κ3) is 0.962. The molecule has 74 valence electrons. The molecule has 2 fully saturated rings. The van der Waals surface area contributed by atoms with E-state index in [-0.39, 0.29) is 18.4 Å². The average molecular weight is 186 g/mol. The van der Waals surface area contributed by atoms with E-state index in [1.54, 1.807) is 35.8 Å². The van der Waals surface area contributed by atoms with Crippen LogP contribution in [-0.2, 0) is 0 Å². The van der Waals surface area contributed by atoms with E-state index in [1.807, 2.05) is 0 Å². The van der Waals surface area contributed by atoms with E-state index in [9.17, 15) is 9.90 Å². The highest BCUT2D eigenvalue weighted by atomic mass is 16.3. The summed E-state index contributed by atoms with van der Waals surface area (Å²) in [6, 6.07) is -0.0266. The molecule has 2 aliphatic heterocycles. The van der Waals surface area contributed by atoms with Crippen molar-refractivity contribution >= 4 is 6.03 Å². The smallest absolute Gasteiger partial charge is 0.322 e. The maximum absolute atomic E-state index is 11.5. The van der Waals surface area contributed by atoms with Crippen LogP contribution >= 0.6 is 0 Å². The van der Waals surface area contributed by atoms with Crippen LogP contribution in [0.1, 0.15) is 0 Å². The summed E-state index contributed by atoms with van der Waals surface area (Å²) in [5.74, 6) is 0. The summed E-state index contributed by atoms with van der Waals surface area (Å²) in [6.07, 6.45) is -0.863. The van der Waals surface area contributed by atoms with Crippen LogP contribution in [0.5, 0.6) is 0 Å². The van der Waals surface area contributed by atoms with Gasteiger partial charge in [-0.3, -0.25) is 5.32 Å². The van der Waals surface area contributed by atoms with Crippen molar-refractivity contribution in [3.8, 4) is 0 Å². The summed E-state index contributed by atoms with van der Waals surface area (Å²) in [5, 5.41) is 12.4. The predicted molar refractivity (Wildman–Crippen MR) is 45.4 cm³/mol. The molecule has 0 aromatic rings. The third-order valence-electron chi connectivity index (χ3n) is 2.82. The Morgan fingerprint density at radius 3 is 2.46 bits per heavy atom. The topological polar surface area (TPSA) is 59.1 Å². The van der Waals surface area contributed by atoms with E-state index in [2.05, 4.69) is 5.32 Å². The number of hydrogen-bond donors (Lipinski definition) is 2. The maximum atomic E-state index is 11.5. The SMILES string of the molecule is CN1C(=O)N(C)C2C1NC(O)N2C. The Labute approximate surface area is 76.7 Å². The summed E-state index contributed by atoms with van der Waals surface area (Å²) in [5.41, 5.74) is 0. The largest absolute Gasteiger partial charge is 0.365 e. The van der Waals surface area contributed by atoms with Gasteiger partial charge in [0.25, 0.3) is 0 Å². The number of hydrogen-bond acceptors (Lipinski definition) is 4. The van der Waals surface area contributed by atoms with Crippen molar-refractivity contribution in [2.75, 3.05) is 21.1 Å². The first-order valence-corrected chi connectivity index (χ1v) is 4.19. The van der Waals surface area contributed by atoms with E-state index >= 15 is 0 Å². The van der Waals surface area contributed by atoms with Gasteiger partial charge in [-0.15, -0.1) is 0 Å². The fourth-order valence-corrected chi connectivity index (χ4v) is 2.00. The minimum Gasteiger partial charge on any atom is -0.365 e. The van der Waals surface area contributed by atoms with Crippen molar-refractivity contribution in [3.05, 3.63) is 0 Å². The van der Waals surface area contributed by atoms with Gasteiger partial charge in [0.05, 0.1) is 0 Å². The standard InChI is InChI=1S/C7H14N4O2/c1-9-4-5(11(3)7(9)13)10(2)6(12)8-4/h4-6,8,12H,1-3H3. The molecule has 3 atom stereocenters. The van der Waals surface area contributed by atoms with Crippen molar-refractivity contribution < 1.29 is 9.90 Å². The first-order chi connectivity index (χ1) is 6.04. The molecule has 0 spiro atoms. The van der Waals surface area contributed by atoms with E-state index in [4.69, 9.17) is 0 Å². The van der Waals surface area contributed by atoms with Crippen LogP contribution in [0.2, 0.25) is 0 Å². The summed E-state index contributed by atoms with van der Waals surface area (Å²) < 4.78 is 0.